The quantitative estimate of drug-likeness (QED) is 0.703. The molecule has 0 aromatic carbocycles. The summed E-state index contributed by atoms with van der Waals surface area (Å²) in [6, 6.07) is 0.826. The molecule has 0 spiro atoms. The molecule has 0 amide bonds. The number of hydrogen-bond donors (Lipinski definition) is 1. The number of hydrogen-bond acceptors (Lipinski definition) is 2. The first-order valence-electron chi connectivity index (χ1n) is 6.53. The van der Waals surface area contributed by atoms with Gasteiger partial charge in [0, 0.05) is 18.1 Å². The van der Waals surface area contributed by atoms with Crippen LogP contribution in [-0.4, -0.2) is 29.6 Å². The van der Waals surface area contributed by atoms with Gasteiger partial charge in [0.2, 0.25) is 0 Å². The summed E-state index contributed by atoms with van der Waals surface area (Å²) >= 11 is 0. The van der Waals surface area contributed by atoms with Gasteiger partial charge in [0.25, 0.3) is 0 Å². The summed E-state index contributed by atoms with van der Waals surface area (Å²) in [6.07, 6.45) is 5.35. The van der Waals surface area contributed by atoms with Gasteiger partial charge in [-0.25, -0.2) is 0 Å². The van der Waals surface area contributed by atoms with E-state index >= 15 is 0 Å². The van der Waals surface area contributed by atoms with E-state index in [1.807, 2.05) is 0 Å². The van der Waals surface area contributed by atoms with Gasteiger partial charge in [-0.2, -0.15) is 0 Å². The Kier molecular flexibility index (Phi) is 4.60. The first kappa shape index (κ1) is 13.0. The summed E-state index contributed by atoms with van der Waals surface area (Å²) in [6.45, 7) is 11.2. The molecule has 1 aliphatic rings. The Morgan fingerprint density at radius 3 is 2.33 bits per heavy atom. The van der Waals surface area contributed by atoms with Gasteiger partial charge in [-0.05, 0) is 38.6 Å². The standard InChI is InChI=1S/C13H28N2/c1-5-6-9-15(12-7-8-12)13(4,10-14)11(2)3/h11-12H,5-10,14H2,1-4H3. The Bertz CT molecular complexity index is 187. The maximum Gasteiger partial charge on any atom is 0.0329 e. The van der Waals surface area contributed by atoms with Crippen LogP contribution in [0.2, 0.25) is 0 Å². The zero-order valence-electron chi connectivity index (χ0n) is 10.9. The van der Waals surface area contributed by atoms with Crippen LogP contribution in [0.25, 0.3) is 0 Å². The van der Waals surface area contributed by atoms with E-state index in [1.165, 1.54) is 32.2 Å². The van der Waals surface area contributed by atoms with Crippen LogP contribution in [0.3, 0.4) is 0 Å². The van der Waals surface area contributed by atoms with E-state index in [2.05, 4.69) is 32.6 Å². The van der Waals surface area contributed by atoms with Gasteiger partial charge < -0.3 is 5.73 Å². The number of unbranched alkanes of at least 4 members (excludes halogenated alkanes) is 1. The fourth-order valence-corrected chi connectivity index (χ4v) is 2.25. The number of nitrogens with two attached hydrogens (primary N) is 1. The van der Waals surface area contributed by atoms with Gasteiger partial charge in [-0.15, -0.1) is 0 Å². The van der Waals surface area contributed by atoms with Crippen LogP contribution in [0, 0.1) is 5.92 Å². The zero-order chi connectivity index (χ0) is 11.5. The molecular formula is C13H28N2. The Balaban J connectivity index is 2.66. The van der Waals surface area contributed by atoms with E-state index in [1.54, 1.807) is 0 Å². The molecule has 1 rings (SSSR count). The van der Waals surface area contributed by atoms with Gasteiger partial charge in [-0.1, -0.05) is 27.2 Å². The SMILES string of the molecule is CCCCN(C1CC1)C(C)(CN)C(C)C. The predicted molar refractivity (Wildman–Crippen MR) is 66.9 cm³/mol. The Morgan fingerprint density at radius 2 is 2.00 bits per heavy atom. The molecular weight excluding hydrogens is 184 g/mol. The third kappa shape index (κ3) is 2.94. The number of nitrogens with zero attached hydrogens (tertiary/aromatic N) is 1. The summed E-state index contributed by atoms with van der Waals surface area (Å²) in [7, 11) is 0. The fourth-order valence-electron chi connectivity index (χ4n) is 2.25. The van der Waals surface area contributed by atoms with Crippen LogP contribution in [0.5, 0.6) is 0 Å². The van der Waals surface area contributed by atoms with Crippen molar-refractivity contribution in [1.82, 2.24) is 4.90 Å². The van der Waals surface area contributed by atoms with E-state index in [4.69, 9.17) is 5.73 Å². The maximum absolute atomic E-state index is 6.00. The molecule has 0 aromatic rings. The van der Waals surface area contributed by atoms with Crippen molar-refractivity contribution >= 4 is 0 Å². The minimum absolute atomic E-state index is 0.205. The minimum atomic E-state index is 0.205. The molecule has 2 heteroatoms. The summed E-state index contributed by atoms with van der Waals surface area (Å²) in [5, 5.41) is 0. The van der Waals surface area contributed by atoms with Crippen LogP contribution in [0.4, 0.5) is 0 Å². The Morgan fingerprint density at radius 1 is 1.40 bits per heavy atom. The highest BCUT2D eigenvalue weighted by molar-refractivity contribution is 4.98. The van der Waals surface area contributed by atoms with Crippen molar-refractivity contribution in [3.05, 3.63) is 0 Å². The summed E-state index contributed by atoms with van der Waals surface area (Å²) in [4.78, 5) is 2.68. The zero-order valence-corrected chi connectivity index (χ0v) is 10.9. The van der Waals surface area contributed by atoms with E-state index < -0.39 is 0 Å². The van der Waals surface area contributed by atoms with E-state index in [0.29, 0.717) is 5.92 Å². The molecule has 0 heterocycles. The lowest BCUT2D eigenvalue weighted by molar-refractivity contribution is 0.0575. The van der Waals surface area contributed by atoms with Crippen molar-refractivity contribution in [3.63, 3.8) is 0 Å². The Labute approximate surface area is 95.2 Å². The lowest BCUT2D eigenvalue weighted by Crippen LogP contribution is -2.56. The van der Waals surface area contributed by atoms with E-state index in [9.17, 15) is 0 Å². The normalized spacial score (nSPS) is 21.0. The molecule has 2 N–H and O–H groups in total. The van der Waals surface area contributed by atoms with Gasteiger partial charge in [-0.3, -0.25) is 4.90 Å². The highest BCUT2D eigenvalue weighted by atomic mass is 15.3. The van der Waals surface area contributed by atoms with E-state index in [-0.39, 0.29) is 5.54 Å². The van der Waals surface area contributed by atoms with Crippen molar-refractivity contribution in [1.29, 1.82) is 0 Å². The third-order valence-electron chi connectivity index (χ3n) is 4.05. The van der Waals surface area contributed by atoms with Gasteiger partial charge in [0.15, 0.2) is 0 Å². The molecule has 0 bridgehead atoms. The second-order valence-electron chi connectivity index (χ2n) is 5.49. The average Bonchev–Trinajstić information content (AvgIpc) is 3.01. The monoisotopic (exact) mass is 212 g/mol. The van der Waals surface area contributed by atoms with Gasteiger partial charge in [0.05, 0.1) is 0 Å². The smallest absolute Gasteiger partial charge is 0.0329 e. The molecule has 1 saturated carbocycles. The first-order valence-corrected chi connectivity index (χ1v) is 6.53. The van der Waals surface area contributed by atoms with Crippen LogP contribution in [-0.2, 0) is 0 Å². The molecule has 1 unspecified atom stereocenters. The summed E-state index contributed by atoms with van der Waals surface area (Å²) < 4.78 is 0. The van der Waals surface area contributed by atoms with Crippen LogP contribution >= 0.6 is 0 Å². The molecule has 1 atom stereocenters. The van der Waals surface area contributed by atoms with Crippen LogP contribution in [0.1, 0.15) is 53.4 Å². The summed E-state index contributed by atoms with van der Waals surface area (Å²) in [5.41, 5.74) is 6.21. The van der Waals surface area contributed by atoms with Crippen molar-refractivity contribution in [2.24, 2.45) is 11.7 Å². The molecule has 2 nitrogen and oxygen atoms in total. The maximum atomic E-state index is 6.00. The highest BCUT2D eigenvalue weighted by Crippen LogP contribution is 2.36. The lowest BCUT2D eigenvalue weighted by Gasteiger charge is -2.44. The number of rotatable bonds is 7. The topological polar surface area (TPSA) is 29.3 Å². The molecule has 0 aliphatic heterocycles. The molecule has 1 fully saturated rings. The molecule has 0 aromatic heterocycles. The molecule has 0 radical (unpaired) electrons. The highest BCUT2D eigenvalue weighted by Gasteiger charge is 2.41. The average molecular weight is 212 g/mol. The van der Waals surface area contributed by atoms with Crippen molar-refractivity contribution in [2.75, 3.05) is 13.1 Å². The lowest BCUT2D eigenvalue weighted by atomic mass is 9.86. The molecule has 0 saturated heterocycles. The fraction of sp³-hybridized carbons (Fsp3) is 1.00. The van der Waals surface area contributed by atoms with Crippen molar-refractivity contribution in [2.45, 2.75) is 65.0 Å². The van der Waals surface area contributed by atoms with Crippen molar-refractivity contribution in [3.8, 4) is 0 Å². The predicted octanol–water partition coefficient (Wildman–Crippen LogP) is 2.62. The van der Waals surface area contributed by atoms with Crippen molar-refractivity contribution < 1.29 is 0 Å². The second kappa shape index (κ2) is 5.31. The van der Waals surface area contributed by atoms with Gasteiger partial charge >= 0.3 is 0 Å². The minimum Gasteiger partial charge on any atom is -0.329 e. The molecule has 1 aliphatic carbocycles. The third-order valence-corrected chi connectivity index (χ3v) is 4.05. The Hall–Kier alpha value is -0.0800. The van der Waals surface area contributed by atoms with Gasteiger partial charge in [0.1, 0.15) is 0 Å². The second-order valence-corrected chi connectivity index (χ2v) is 5.49. The molecule has 90 valence electrons. The van der Waals surface area contributed by atoms with E-state index in [0.717, 1.165) is 12.6 Å². The summed E-state index contributed by atoms with van der Waals surface area (Å²) in [5.74, 6) is 0.639. The molecule has 15 heavy (non-hydrogen) atoms. The van der Waals surface area contributed by atoms with Crippen LogP contribution in [0.15, 0.2) is 0 Å². The largest absolute Gasteiger partial charge is 0.329 e. The van der Waals surface area contributed by atoms with Crippen LogP contribution < -0.4 is 5.73 Å². The first-order chi connectivity index (χ1) is 7.06.